The maximum absolute atomic E-state index is 13.8. The quantitative estimate of drug-likeness (QED) is 0.857. The first-order valence-corrected chi connectivity index (χ1v) is 8.50. The van der Waals surface area contributed by atoms with Gasteiger partial charge in [-0.1, -0.05) is 17.7 Å². The van der Waals surface area contributed by atoms with Crippen LogP contribution >= 0.6 is 11.6 Å². The first-order valence-electron chi connectivity index (χ1n) is 6.47. The van der Waals surface area contributed by atoms with E-state index in [2.05, 4.69) is 4.72 Å². The fourth-order valence-corrected chi connectivity index (χ4v) is 2.84. The van der Waals surface area contributed by atoms with E-state index in [4.69, 9.17) is 11.6 Å². The smallest absolute Gasteiger partial charge is 0.239 e. The van der Waals surface area contributed by atoms with E-state index in [-0.39, 0.29) is 23.2 Å². The van der Waals surface area contributed by atoms with Crippen LogP contribution in [0, 0.1) is 5.82 Å². The molecular formula is C13H16ClFN2O3S. The monoisotopic (exact) mass is 334 g/mol. The van der Waals surface area contributed by atoms with E-state index in [1.54, 1.807) is 6.07 Å². The second-order valence-electron chi connectivity index (χ2n) is 4.92. The summed E-state index contributed by atoms with van der Waals surface area (Å²) in [6, 6.07) is 4.25. The number of hydrogen-bond acceptors (Lipinski definition) is 3. The molecular weight excluding hydrogens is 319 g/mol. The lowest BCUT2D eigenvalue weighted by Gasteiger charge is -2.23. The normalized spacial score (nSPS) is 15.0. The number of rotatable bonds is 6. The van der Waals surface area contributed by atoms with Gasteiger partial charge in [-0.2, -0.15) is 0 Å². The SMILES string of the molecule is CNS(=O)(=O)CC(=O)N(Cc1c(F)cccc1Cl)C1CC1. The average Bonchev–Trinajstić information content (AvgIpc) is 3.22. The van der Waals surface area contributed by atoms with Gasteiger partial charge < -0.3 is 4.90 Å². The Morgan fingerprint density at radius 3 is 2.67 bits per heavy atom. The average molecular weight is 335 g/mol. The van der Waals surface area contributed by atoms with Crippen LogP contribution in [-0.2, 0) is 21.4 Å². The van der Waals surface area contributed by atoms with E-state index < -0.39 is 27.5 Å². The predicted molar refractivity (Wildman–Crippen MR) is 77.8 cm³/mol. The summed E-state index contributed by atoms with van der Waals surface area (Å²) in [5, 5.41) is 0.227. The summed E-state index contributed by atoms with van der Waals surface area (Å²) in [4.78, 5) is 13.6. The lowest BCUT2D eigenvalue weighted by Crippen LogP contribution is -2.39. The van der Waals surface area contributed by atoms with E-state index >= 15 is 0 Å². The summed E-state index contributed by atoms with van der Waals surface area (Å²) in [6.45, 7) is -0.0196. The zero-order valence-electron chi connectivity index (χ0n) is 11.5. The Morgan fingerprint density at radius 2 is 2.14 bits per heavy atom. The lowest BCUT2D eigenvalue weighted by atomic mass is 10.2. The maximum Gasteiger partial charge on any atom is 0.239 e. The Hall–Kier alpha value is -1.18. The van der Waals surface area contributed by atoms with Crippen molar-refractivity contribution in [2.75, 3.05) is 12.8 Å². The minimum Gasteiger partial charge on any atom is -0.334 e. The van der Waals surface area contributed by atoms with Crippen molar-refractivity contribution in [3.63, 3.8) is 0 Å². The highest BCUT2D eigenvalue weighted by Gasteiger charge is 2.34. The number of halogens is 2. The van der Waals surface area contributed by atoms with Gasteiger partial charge >= 0.3 is 0 Å². The van der Waals surface area contributed by atoms with E-state index in [1.165, 1.54) is 24.1 Å². The molecule has 1 amide bonds. The Morgan fingerprint density at radius 1 is 1.48 bits per heavy atom. The molecule has 1 aliphatic rings. The second-order valence-corrected chi connectivity index (χ2v) is 7.25. The molecule has 0 saturated heterocycles. The minimum atomic E-state index is -3.65. The molecule has 1 aromatic carbocycles. The number of carbonyl (C=O) groups is 1. The molecule has 0 radical (unpaired) electrons. The van der Waals surface area contributed by atoms with Crippen molar-refractivity contribution in [2.24, 2.45) is 0 Å². The molecule has 1 aliphatic carbocycles. The topological polar surface area (TPSA) is 66.5 Å². The number of hydrogen-bond donors (Lipinski definition) is 1. The van der Waals surface area contributed by atoms with Crippen LogP contribution < -0.4 is 4.72 Å². The van der Waals surface area contributed by atoms with Crippen LogP contribution in [0.1, 0.15) is 18.4 Å². The van der Waals surface area contributed by atoms with Crippen molar-refractivity contribution in [1.82, 2.24) is 9.62 Å². The highest BCUT2D eigenvalue weighted by molar-refractivity contribution is 7.90. The van der Waals surface area contributed by atoms with Gasteiger partial charge in [0.1, 0.15) is 11.6 Å². The van der Waals surface area contributed by atoms with Crippen LogP contribution in [0.3, 0.4) is 0 Å². The summed E-state index contributed by atoms with van der Waals surface area (Å²) >= 11 is 5.96. The third-order valence-electron chi connectivity index (χ3n) is 3.32. The molecule has 5 nitrogen and oxygen atoms in total. The van der Waals surface area contributed by atoms with Gasteiger partial charge in [0, 0.05) is 16.6 Å². The Labute approximate surface area is 128 Å². The van der Waals surface area contributed by atoms with Crippen LogP contribution in [0.5, 0.6) is 0 Å². The number of carbonyl (C=O) groups excluding carboxylic acids is 1. The fourth-order valence-electron chi connectivity index (χ4n) is 1.98. The largest absolute Gasteiger partial charge is 0.334 e. The highest BCUT2D eigenvalue weighted by atomic mass is 35.5. The van der Waals surface area contributed by atoms with Crippen molar-refractivity contribution in [3.05, 3.63) is 34.6 Å². The summed E-state index contributed by atoms with van der Waals surface area (Å²) < 4.78 is 38.9. The van der Waals surface area contributed by atoms with E-state index in [0.717, 1.165) is 12.8 Å². The number of benzene rings is 1. The van der Waals surface area contributed by atoms with Crippen LogP contribution in [0.2, 0.25) is 5.02 Å². The van der Waals surface area contributed by atoms with E-state index in [0.29, 0.717) is 0 Å². The predicted octanol–water partition coefficient (Wildman–Crippen LogP) is 1.52. The maximum atomic E-state index is 13.8. The molecule has 21 heavy (non-hydrogen) atoms. The van der Waals surface area contributed by atoms with Gasteiger partial charge in [0.05, 0.1) is 6.54 Å². The van der Waals surface area contributed by atoms with Gasteiger partial charge in [-0.15, -0.1) is 0 Å². The Kier molecular flexibility index (Phi) is 4.85. The molecule has 1 N–H and O–H groups in total. The molecule has 0 aromatic heterocycles. The standard InChI is InChI=1S/C13H16ClFN2O3S/c1-16-21(19,20)8-13(18)17(9-5-6-9)7-10-11(14)3-2-4-12(10)15/h2-4,9,16H,5-8H2,1H3. The molecule has 0 bridgehead atoms. The van der Waals surface area contributed by atoms with Gasteiger partial charge in [-0.05, 0) is 32.0 Å². The molecule has 1 fully saturated rings. The lowest BCUT2D eigenvalue weighted by molar-refractivity contribution is -0.129. The van der Waals surface area contributed by atoms with Gasteiger partial charge in [0.25, 0.3) is 0 Å². The van der Waals surface area contributed by atoms with Gasteiger partial charge in [-0.25, -0.2) is 17.5 Å². The summed E-state index contributed by atoms with van der Waals surface area (Å²) in [6.07, 6.45) is 1.58. The molecule has 0 spiro atoms. The Bertz CT molecular complexity index is 627. The van der Waals surface area contributed by atoms with E-state index in [1.807, 2.05) is 0 Å². The molecule has 1 aromatic rings. The second kappa shape index (κ2) is 6.29. The number of sulfonamides is 1. The van der Waals surface area contributed by atoms with Crippen LogP contribution in [0.25, 0.3) is 0 Å². The fraction of sp³-hybridized carbons (Fsp3) is 0.462. The van der Waals surface area contributed by atoms with Crippen LogP contribution in [0.4, 0.5) is 4.39 Å². The molecule has 0 atom stereocenters. The van der Waals surface area contributed by atoms with Crippen molar-refractivity contribution < 1.29 is 17.6 Å². The third kappa shape index (κ3) is 4.15. The molecule has 0 heterocycles. The zero-order chi connectivity index (χ0) is 15.6. The van der Waals surface area contributed by atoms with Crippen molar-refractivity contribution in [1.29, 1.82) is 0 Å². The van der Waals surface area contributed by atoms with E-state index in [9.17, 15) is 17.6 Å². The third-order valence-corrected chi connectivity index (χ3v) is 4.93. The molecule has 8 heteroatoms. The molecule has 0 aliphatic heterocycles. The first kappa shape index (κ1) is 16.2. The first-order chi connectivity index (χ1) is 9.84. The molecule has 0 unspecified atom stereocenters. The number of amides is 1. The highest BCUT2D eigenvalue weighted by Crippen LogP contribution is 2.30. The Balaban J connectivity index is 2.19. The zero-order valence-corrected chi connectivity index (χ0v) is 13.0. The summed E-state index contributed by atoms with van der Waals surface area (Å²) in [5.74, 6) is -1.70. The van der Waals surface area contributed by atoms with Gasteiger partial charge in [0.2, 0.25) is 15.9 Å². The minimum absolute atomic E-state index is 0.0196. The van der Waals surface area contributed by atoms with Crippen molar-refractivity contribution in [2.45, 2.75) is 25.4 Å². The van der Waals surface area contributed by atoms with Gasteiger partial charge in [0.15, 0.2) is 0 Å². The van der Waals surface area contributed by atoms with Crippen LogP contribution in [0.15, 0.2) is 18.2 Å². The summed E-state index contributed by atoms with van der Waals surface area (Å²) in [5.41, 5.74) is 0.210. The summed E-state index contributed by atoms with van der Waals surface area (Å²) in [7, 11) is -2.40. The molecule has 2 rings (SSSR count). The number of nitrogens with one attached hydrogen (secondary N) is 1. The molecule has 116 valence electrons. The molecule has 1 saturated carbocycles. The van der Waals surface area contributed by atoms with Crippen molar-refractivity contribution >= 4 is 27.5 Å². The number of nitrogens with zero attached hydrogens (tertiary/aromatic N) is 1. The van der Waals surface area contributed by atoms with Crippen LogP contribution in [-0.4, -0.2) is 38.1 Å². The van der Waals surface area contributed by atoms with Crippen molar-refractivity contribution in [3.8, 4) is 0 Å². The van der Waals surface area contributed by atoms with Gasteiger partial charge in [-0.3, -0.25) is 4.79 Å².